The summed E-state index contributed by atoms with van der Waals surface area (Å²) in [6, 6.07) is 7.30. The summed E-state index contributed by atoms with van der Waals surface area (Å²) in [5, 5.41) is 6.32. The first-order valence-corrected chi connectivity index (χ1v) is 9.67. The van der Waals surface area contributed by atoms with Crippen LogP contribution < -0.4 is 14.8 Å². The third-order valence-electron chi connectivity index (χ3n) is 5.00. The number of carbonyl (C=O) groups excluding carboxylic acids is 1. The average molecular weight is 435 g/mol. The van der Waals surface area contributed by atoms with Crippen molar-refractivity contribution >= 4 is 11.7 Å². The number of rotatable bonds is 5. The second-order valence-corrected chi connectivity index (χ2v) is 7.21. The van der Waals surface area contributed by atoms with Crippen molar-refractivity contribution in [2.75, 3.05) is 13.2 Å². The maximum absolute atomic E-state index is 12.9. The lowest BCUT2D eigenvalue weighted by Crippen LogP contribution is -2.40. The molecule has 0 saturated heterocycles. The maximum Gasteiger partial charge on any atom is 0.453 e. The lowest BCUT2D eigenvalue weighted by molar-refractivity contribution is -0.144. The first-order valence-electron chi connectivity index (χ1n) is 9.67. The van der Waals surface area contributed by atoms with E-state index in [0.29, 0.717) is 41.5 Å². The van der Waals surface area contributed by atoms with Crippen molar-refractivity contribution < 1.29 is 27.4 Å². The lowest BCUT2D eigenvalue weighted by Gasteiger charge is -2.26. The molecule has 1 aromatic carbocycles. The SMILES string of the molecule is Cc1nc2nc(C(F)(F)F)nn2c(C)c1CCC(=O)NCC1COc2ccccc2O1. The first-order chi connectivity index (χ1) is 14.7. The van der Waals surface area contributed by atoms with Crippen LogP contribution in [-0.2, 0) is 17.4 Å². The van der Waals surface area contributed by atoms with Gasteiger partial charge in [-0.25, -0.2) is 9.50 Å². The molecule has 31 heavy (non-hydrogen) atoms. The molecule has 11 heteroatoms. The van der Waals surface area contributed by atoms with E-state index in [0.717, 1.165) is 4.52 Å². The standard InChI is InChI=1S/C20H20F3N5O3/c1-11-14(12(2)28-19(25-11)26-18(27-28)20(21,22)23)7-8-17(29)24-9-13-10-30-15-5-3-4-6-16(15)31-13/h3-6,13H,7-10H2,1-2H3,(H,24,29). The van der Waals surface area contributed by atoms with Gasteiger partial charge in [0.25, 0.3) is 11.6 Å². The van der Waals surface area contributed by atoms with E-state index in [4.69, 9.17) is 9.47 Å². The molecule has 1 unspecified atom stereocenters. The minimum absolute atomic E-state index is 0.120. The van der Waals surface area contributed by atoms with Crippen LogP contribution in [0.1, 0.15) is 29.2 Å². The molecule has 0 spiro atoms. The van der Waals surface area contributed by atoms with Crippen molar-refractivity contribution in [3.63, 3.8) is 0 Å². The van der Waals surface area contributed by atoms with Crippen LogP contribution in [0.3, 0.4) is 0 Å². The van der Waals surface area contributed by atoms with Gasteiger partial charge in [0.05, 0.1) is 6.54 Å². The number of ether oxygens (including phenoxy) is 2. The number of hydrogen-bond acceptors (Lipinski definition) is 6. The van der Waals surface area contributed by atoms with Gasteiger partial charge in [-0.3, -0.25) is 4.79 Å². The molecule has 164 valence electrons. The number of nitrogens with one attached hydrogen (secondary N) is 1. The van der Waals surface area contributed by atoms with E-state index in [2.05, 4.69) is 20.4 Å². The molecule has 2 aromatic heterocycles. The van der Waals surface area contributed by atoms with Crippen LogP contribution in [0.4, 0.5) is 13.2 Å². The van der Waals surface area contributed by atoms with E-state index >= 15 is 0 Å². The Balaban J connectivity index is 1.37. The fraction of sp³-hybridized carbons (Fsp3) is 0.400. The Morgan fingerprint density at radius 2 is 1.97 bits per heavy atom. The first kappa shape index (κ1) is 20.9. The monoisotopic (exact) mass is 435 g/mol. The van der Waals surface area contributed by atoms with E-state index in [9.17, 15) is 18.0 Å². The van der Waals surface area contributed by atoms with Crippen LogP contribution in [0.5, 0.6) is 11.5 Å². The second kappa shape index (κ2) is 8.05. The number of halogens is 3. The van der Waals surface area contributed by atoms with Gasteiger partial charge in [-0.15, -0.1) is 5.10 Å². The summed E-state index contributed by atoms with van der Waals surface area (Å²) in [5.74, 6) is -0.278. The number of nitrogens with zero attached hydrogens (tertiary/aromatic N) is 4. The smallest absolute Gasteiger partial charge is 0.453 e. The molecule has 1 amide bonds. The molecule has 0 aliphatic carbocycles. The normalized spacial score (nSPS) is 15.8. The molecule has 3 aromatic rings. The minimum atomic E-state index is -4.65. The van der Waals surface area contributed by atoms with E-state index in [1.807, 2.05) is 18.2 Å². The number of fused-ring (bicyclic) bond motifs is 2. The van der Waals surface area contributed by atoms with Gasteiger partial charge in [0.1, 0.15) is 12.7 Å². The molecule has 4 rings (SSSR count). The average Bonchev–Trinajstić information content (AvgIpc) is 3.16. The van der Waals surface area contributed by atoms with Crippen molar-refractivity contribution in [3.05, 3.63) is 47.0 Å². The highest BCUT2D eigenvalue weighted by molar-refractivity contribution is 5.76. The number of aromatic nitrogens is 4. The van der Waals surface area contributed by atoms with E-state index in [1.165, 1.54) is 0 Å². The van der Waals surface area contributed by atoms with Crippen molar-refractivity contribution in [2.45, 2.75) is 39.0 Å². The van der Waals surface area contributed by atoms with Crippen LogP contribution in [0.2, 0.25) is 0 Å². The summed E-state index contributed by atoms with van der Waals surface area (Å²) in [4.78, 5) is 19.9. The van der Waals surface area contributed by atoms with Crippen LogP contribution in [0.25, 0.3) is 5.78 Å². The molecule has 0 saturated carbocycles. The van der Waals surface area contributed by atoms with Crippen LogP contribution >= 0.6 is 0 Å². The van der Waals surface area contributed by atoms with Crippen molar-refractivity contribution in [1.29, 1.82) is 0 Å². The van der Waals surface area contributed by atoms with Gasteiger partial charge in [0.2, 0.25) is 5.91 Å². The van der Waals surface area contributed by atoms with E-state index < -0.39 is 12.0 Å². The summed E-state index contributed by atoms with van der Waals surface area (Å²) >= 11 is 0. The molecule has 1 aliphatic heterocycles. The van der Waals surface area contributed by atoms with E-state index in [1.54, 1.807) is 19.9 Å². The van der Waals surface area contributed by atoms with Crippen molar-refractivity contribution in [3.8, 4) is 11.5 Å². The maximum atomic E-state index is 12.9. The molecule has 1 N–H and O–H groups in total. The van der Waals surface area contributed by atoms with E-state index in [-0.39, 0.29) is 30.8 Å². The number of hydrogen-bond donors (Lipinski definition) is 1. The topological polar surface area (TPSA) is 90.6 Å². The summed E-state index contributed by atoms with van der Waals surface area (Å²) in [6.45, 7) is 3.91. The number of amides is 1. The number of benzene rings is 1. The van der Waals surface area contributed by atoms with Gasteiger partial charge >= 0.3 is 6.18 Å². The Hall–Kier alpha value is -3.37. The van der Waals surface area contributed by atoms with Crippen LogP contribution in [-0.4, -0.2) is 44.7 Å². The predicted molar refractivity (Wildman–Crippen MR) is 103 cm³/mol. The number of para-hydroxylation sites is 2. The predicted octanol–water partition coefficient (Wildman–Crippen LogP) is 2.65. The van der Waals surface area contributed by atoms with Crippen LogP contribution in [0, 0.1) is 13.8 Å². The van der Waals surface area contributed by atoms with Crippen molar-refractivity contribution in [1.82, 2.24) is 24.9 Å². The van der Waals surface area contributed by atoms with Gasteiger partial charge in [-0.2, -0.15) is 18.2 Å². The summed E-state index contributed by atoms with van der Waals surface area (Å²) in [6.07, 6.45) is -4.52. The fourth-order valence-corrected chi connectivity index (χ4v) is 3.41. The molecule has 1 aliphatic rings. The summed E-state index contributed by atoms with van der Waals surface area (Å²) in [7, 11) is 0. The van der Waals surface area contributed by atoms with Gasteiger partial charge in [0, 0.05) is 17.8 Å². The van der Waals surface area contributed by atoms with Gasteiger partial charge in [-0.05, 0) is 38.0 Å². The molecule has 3 heterocycles. The zero-order chi connectivity index (χ0) is 22.2. The highest BCUT2D eigenvalue weighted by atomic mass is 19.4. The molecule has 0 radical (unpaired) electrons. The minimum Gasteiger partial charge on any atom is -0.486 e. The van der Waals surface area contributed by atoms with Gasteiger partial charge < -0.3 is 14.8 Å². The zero-order valence-electron chi connectivity index (χ0n) is 16.9. The van der Waals surface area contributed by atoms with Crippen molar-refractivity contribution in [2.24, 2.45) is 0 Å². The largest absolute Gasteiger partial charge is 0.486 e. The van der Waals surface area contributed by atoms with Gasteiger partial charge in [-0.1, -0.05) is 12.1 Å². The Kier molecular flexibility index (Phi) is 5.42. The Morgan fingerprint density at radius 3 is 2.71 bits per heavy atom. The number of alkyl halides is 3. The molecule has 0 bridgehead atoms. The number of aryl methyl sites for hydroxylation is 2. The second-order valence-electron chi connectivity index (χ2n) is 7.21. The Bertz CT molecular complexity index is 1130. The fourth-order valence-electron chi connectivity index (χ4n) is 3.41. The Labute approximate surface area is 175 Å². The summed E-state index contributed by atoms with van der Waals surface area (Å²) in [5.41, 5.74) is 1.64. The molecule has 8 nitrogen and oxygen atoms in total. The summed E-state index contributed by atoms with van der Waals surface area (Å²) < 4.78 is 51.2. The zero-order valence-corrected chi connectivity index (χ0v) is 16.9. The quantitative estimate of drug-likeness (QED) is 0.663. The highest BCUT2D eigenvalue weighted by Gasteiger charge is 2.37. The third-order valence-corrected chi connectivity index (χ3v) is 5.00. The Morgan fingerprint density at radius 1 is 1.23 bits per heavy atom. The van der Waals surface area contributed by atoms with Crippen LogP contribution in [0.15, 0.2) is 24.3 Å². The highest BCUT2D eigenvalue weighted by Crippen LogP contribution is 2.30. The molecule has 1 atom stereocenters. The molecular weight excluding hydrogens is 415 g/mol. The number of carbonyl (C=O) groups is 1. The molecular formula is C20H20F3N5O3. The van der Waals surface area contributed by atoms with Gasteiger partial charge in [0.15, 0.2) is 11.5 Å². The third kappa shape index (κ3) is 4.39. The molecule has 0 fully saturated rings. The lowest BCUT2D eigenvalue weighted by atomic mass is 10.1.